The number of nitrogen functional groups attached to an aromatic ring is 1. The van der Waals surface area contributed by atoms with Gasteiger partial charge in [-0.3, -0.25) is 0 Å². The Morgan fingerprint density at radius 2 is 1.88 bits per heavy atom. The molecule has 0 bridgehead atoms. The molecule has 0 fully saturated rings. The number of nitrogens with two attached hydrogens (primary N) is 1. The van der Waals surface area contributed by atoms with Crippen molar-refractivity contribution >= 4 is 5.69 Å². The minimum Gasteiger partial charge on any atom is -0.491 e. The standard InChI is InChI=1S/C13H21NO3/c1-3-15-10-11(2)16-8-9-17-13-6-4-12(14)5-7-13/h4-7,11H,3,8-10,14H2,1-2H3. The number of benzene rings is 1. The van der Waals surface area contributed by atoms with Gasteiger partial charge < -0.3 is 19.9 Å². The molecule has 0 aliphatic carbocycles. The van der Waals surface area contributed by atoms with Crippen molar-refractivity contribution in [2.75, 3.05) is 32.2 Å². The van der Waals surface area contributed by atoms with E-state index in [0.717, 1.165) is 18.0 Å². The molecule has 1 rings (SSSR count). The van der Waals surface area contributed by atoms with Crippen molar-refractivity contribution in [3.8, 4) is 5.75 Å². The summed E-state index contributed by atoms with van der Waals surface area (Å²) in [6.45, 7) is 6.38. The van der Waals surface area contributed by atoms with E-state index in [1.54, 1.807) is 0 Å². The van der Waals surface area contributed by atoms with Crippen molar-refractivity contribution < 1.29 is 14.2 Å². The lowest BCUT2D eigenvalue weighted by atomic mass is 10.3. The van der Waals surface area contributed by atoms with Crippen LogP contribution in [-0.2, 0) is 9.47 Å². The predicted molar refractivity (Wildman–Crippen MR) is 68.3 cm³/mol. The van der Waals surface area contributed by atoms with Gasteiger partial charge in [-0.1, -0.05) is 0 Å². The Hall–Kier alpha value is -1.26. The topological polar surface area (TPSA) is 53.7 Å². The Bertz CT molecular complexity index is 300. The van der Waals surface area contributed by atoms with E-state index in [0.29, 0.717) is 19.8 Å². The fraction of sp³-hybridized carbons (Fsp3) is 0.538. The summed E-state index contributed by atoms with van der Waals surface area (Å²) in [7, 11) is 0. The van der Waals surface area contributed by atoms with Crippen molar-refractivity contribution in [3.63, 3.8) is 0 Å². The zero-order valence-electron chi connectivity index (χ0n) is 10.5. The smallest absolute Gasteiger partial charge is 0.119 e. The Morgan fingerprint density at radius 1 is 1.18 bits per heavy atom. The molecule has 2 N–H and O–H groups in total. The van der Waals surface area contributed by atoms with Gasteiger partial charge in [0.25, 0.3) is 0 Å². The van der Waals surface area contributed by atoms with Gasteiger partial charge in [0.1, 0.15) is 12.4 Å². The summed E-state index contributed by atoms with van der Waals surface area (Å²) in [5.74, 6) is 0.806. The molecule has 0 aliphatic rings. The van der Waals surface area contributed by atoms with Gasteiger partial charge in [-0.15, -0.1) is 0 Å². The third kappa shape index (κ3) is 6.14. The molecule has 0 aromatic heterocycles. The van der Waals surface area contributed by atoms with Gasteiger partial charge in [0.05, 0.1) is 19.3 Å². The summed E-state index contributed by atoms with van der Waals surface area (Å²) >= 11 is 0. The molecule has 0 saturated carbocycles. The monoisotopic (exact) mass is 239 g/mol. The maximum atomic E-state index is 5.57. The van der Waals surface area contributed by atoms with Crippen molar-refractivity contribution in [1.29, 1.82) is 0 Å². The zero-order chi connectivity index (χ0) is 12.5. The molecule has 1 aromatic carbocycles. The molecule has 0 saturated heterocycles. The van der Waals surface area contributed by atoms with E-state index in [1.807, 2.05) is 38.1 Å². The van der Waals surface area contributed by atoms with Gasteiger partial charge in [-0.05, 0) is 38.1 Å². The van der Waals surface area contributed by atoms with Crippen LogP contribution in [0.3, 0.4) is 0 Å². The molecule has 1 atom stereocenters. The summed E-state index contributed by atoms with van der Waals surface area (Å²) < 4.78 is 16.3. The van der Waals surface area contributed by atoms with Crippen LogP contribution in [0.5, 0.6) is 5.75 Å². The van der Waals surface area contributed by atoms with E-state index < -0.39 is 0 Å². The first kappa shape index (κ1) is 13.8. The minimum absolute atomic E-state index is 0.102. The Labute approximate surface area is 103 Å². The first-order chi connectivity index (χ1) is 8.22. The molecule has 1 aromatic rings. The molecular formula is C13H21NO3. The van der Waals surface area contributed by atoms with E-state index in [9.17, 15) is 0 Å². The lowest BCUT2D eigenvalue weighted by molar-refractivity contribution is -0.0128. The third-order valence-electron chi connectivity index (χ3n) is 2.19. The molecule has 1 unspecified atom stereocenters. The van der Waals surface area contributed by atoms with Crippen molar-refractivity contribution in [2.45, 2.75) is 20.0 Å². The van der Waals surface area contributed by atoms with E-state index in [-0.39, 0.29) is 6.10 Å². The van der Waals surface area contributed by atoms with Crippen LogP contribution < -0.4 is 10.5 Å². The zero-order valence-corrected chi connectivity index (χ0v) is 10.5. The second kappa shape index (κ2) is 7.92. The average molecular weight is 239 g/mol. The van der Waals surface area contributed by atoms with Gasteiger partial charge in [0, 0.05) is 12.3 Å². The third-order valence-corrected chi connectivity index (χ3v) is 2.19. The van der Waals surface area contributed by atoms with Crippen LogP contribution in [0.4, 0.5) is 5.69 Å². The van der Waals surface area contributed by atoms with Crippen LogP contribution in [0.15, 0.2) is 24.3 Å². The maximum Gasteiger partial charge on any atom is 0.119 e. The van der Waals surface area contributed by atoms with Crippen molar-refractivity contribution in [3.05, 3.63) is 24.3 Å². The highest BCUT2D eigenvalue weighted by Gasteiger charge is 2.01. The molecule has 0 spiro atoms. The Morgan fingerprint density at radius 3 is 2.53 bits per heavy atom. The molecule has 4 heteroatoms. The number of hydrogen-bond donors (Lipinski definition) is 1. The van der Waals surface area contributed by atoms with Gasteiger partial charge in [-0.2, -0.15) is 0 Å². The molecule has 17 heavy (non-hydrogen) atoms. The SMILES string of the molecule is CCOCC(C)OCCOc1ccc(N)cc1. The fourth-order valence-electron chi connectivity index (χ4n) is 1.30. The molecule has 4 nitrogen and oxygen atoms in total. The summed E-state index contributed by atoms with van der Waals surface area (Å²) in [6.07, 6.45) is 0.102. The first-order valence-electron chi connectivity index (χ1n) is 5.90. The van der Waals surface area contributed by atoms with Crippen LogP contribution in [0.2, 0.25) is 0 Å². The van der Waals surface area contributed by atoms with Crippen LogP contribution in [0, 0.1) is 0 Å². The molecule has 0 heterocycles. The number of ether oxygens (including phenoxy) is 3. The summed E-state index contributed by atoms with van der Waals surface area (Å²) in [5, 5.41) is 0. The van der Waals surface area contributed by atoms with E-state index >= 15 is 0 Å². The summed E-state index contributed by atoms with van der Waals surface area (Å²) in [6, 6.07) is 7.32. The van der Waals surface area contributed by atoms with E-state index in [1.165, 1.54) is 0 Å². The summed E-state index contributed by atoms with van der Waals surface area (Å²) in [4.78, 5) is 0. The molecule has 96 valence electrons. The molecular weight excluding hydrogens is 218 g/mol. The van der Waals surface area contributed by atoms with Crippen molar-refractivity contribution in [1.82, 2.24) is 0 Å². The van der Waals surface area contributed by atoms with Gasteiger partial charge in [-0.25, -0.2) is 0 Å². The van der Waals surface area contributed by atoms with Crippen LogP contribution in [0.1, 0.15) is 13.8 Å². The quantitative estimate of drug-likeness (QED) is 0.557. The number of rotatable bonds is 8. The Kier molecular flexibility index (Phi) is 6.43. The lowest BCUT2D eigenvalue weighted by Crippen LogP contribution is -2.19. The highest BCUT2D eigenvalue weighted by Crippen LogP contribution is 2.12. The van der Waals surface area contributed by atoms with Crippen LogP contribution in [-0.4, -0.2) is 32.5 Å². The van der Waals surface area contributed by atoms with E-state index in [2.05, 4.69) is 0 Å². The second-order valence-corrected chi connectivity index (χ2v) is 3.76. The normalized spacial score (nSPS) is 12.4. The minimum atomic E-state index is 0.102. The van der Waals surface area contributed by atoms with Gasteiger partial charge in [0.15, 0.2) is 0 Å². The molecule has 0 radical (unpaired) electrons. The average Bonchev–Trinajstić information content (AvgIpc) is 2.34. The summed E-state index contributed by atoms with van der Waals surface area (Å²) in [5.41, 5.74) is 6.31. The van der Waals surface area contributed by atoms with Crippen molar-refractivity contribution in [2.24, 2.45) is 0 Å². The second-order valence-electron chi connectivity index (χ2n) is 3.76. The van der Waals surface area contributed by atoms with Gasteiger partial charge >= 0.3 is 0 Å². The molecule has 0 aliphatic heterocycles. The highest BCUT2D eigenvalue weighted by molar-refractivity contribution is 5.41. The van der Waals surface area contributed by atoms with Gasteiger partial charge in [0.2, 0.25) is 0 Å². The van der Waals surface area contributed by atoms with Crippen LogP contribution in [0.25, 0.3) is 0 Å². The first-order valence-corrected chi connectivity index (χ1v) is 5.90. The number of anilines is 1. The largest absolute Gasteiger partial charge is 0.491 e. The predicted octanol–water partition coefficient (Wildman–Crippen LogP) is 2.09. The van der Waals surface area contributed by atoms with E-state index in [4.69, 9.17) is 19.9 Å². The maximum absolute atomic E-state index is 5.57. The lowest BCUT2D eigenvalue weighted by Gasteiger charge is -2.13. The van der Waals surface area contributed by atoms with Crippen LogP contribution >= 0.6 is 0 Å². The number of hydrogen-bond acceptors (Lipinski definition) is 4. The Balaban J connectivity index is 2.09. The molecule has 0 amide bonds. The highest BCUT2D eigenvalue weighted by atomic mass is 16.5. The fourth-order valence-corrected chi connectivity index (χ4v) is 1.30.